The lowest BCUT2D eigenvalue weighted by atomic mass is 10.0. The highest BCUT2D eigenvalue weighted by Gasteiger charge is 2.18. The molecule has 0 saturated carbocycles. The van der Waals surface area contributed by atoms with Crippen LogP contribution < -0.4 is 21.9 Å². The molecule has 5 N–H and O–H groups in total. The Labute approximate surface area is 155 Å². The maximum atomic E-state index is 12.1. The van der Waals surface area contributed by atoms with E-state index in [0.717, 1.165) is 5.56 Å². The van der Waals surface area contributed by atoms with E-state index in [1.165, 1.54) is 0 Å². The van der Waals surface area contributed by atoms with Crippen LogP contribution in [-0.2, 0) is 4.79 Å². The summed E-state index contributed by atoms with van der Waals surface area (Å²) in [7, 11) is 0. The third kappa shape index (κ3) is 5.78. The predicted octanol–water partition coefficient (Wildman–Crippen LogP) is 2.21. The van der Waals surface area contributed by atoms with Crippen molar-refractivity contribution in [1.29, 1.82) is 0 Å². The van der Waals surface area contributed by atoms with E-state index < -0.39 is 23.9 Å². The highest BCUT2D eigenvalue weighted by Crippen LogP contribution is 2.19. The van der Waals surface area contributed by atoms with Gasteiger partial charge in [0, 0.05) is 10.6 Å². The Morgan fingerprint density at radius 1 is 1.00 bits per heavy atom. The van der Waals surface area contributed by atoms with Crippen molar-refractivity contribution in [2.75, 3.05) is 0 Å². The number of primary amides is 1. The molecule has 4 amide bonds. The fraction of sp³-hybridized carbons (Fsp3) is 0.167. The van der Waals surface area contributed by atoms with Crippen molar-refractivity contribution in [3.05, 3.63) is 70.2 Å². The standard InChI is InChI=1S/C18H19ClN4O3/c1-11-2-4-13(5-3-11)17(25)23-22-16(24)10-15(21-18(20)26)12-6-8-14(19)9-7-12/h2-9,15H,10H2,1H3,(H,22,24)(H,23,25)(H3,20,21,26). The fourth-order valence-corrected chi connectivity index (χ4v) is 2.39. The fourth-order valence-electron chi connectivity index (χ4n) is 2.26. The number of halogens is 1. The minimum atomic E-state index is -0.763. The summed E-state index contributed by atoms with van der Waals surface area (Å²) in [6.45, 7) is 1.91. The summed E-state index contributed by atoms with van der Waals surface area (Å²) in [4.78, 5) is 35.3. The second kappa shape index (κ2) is 8.87. The van der Waals surface area contributed by atoms with Crippen LogP contribution >= 0.6 is 11.6 Å². The summed E-state index contributed by atoms with van der Waals surface area (Å²) in [5, 5.41) is 3.02. The molecule has 7 nitrogen and oxygen atoms in total. The van der Waals surface area contributed by atoms with Crippen molar-refractivity contribution in [3.63, 3.8) is 0 Å². The van der Waals surface area contributed by atoms with Crippen LogP contribution in [0.4, 0.5) is 4.79 Å². The molecule has 0 aromatic heterocycles. The number of rotatable bonds is 5. The maximum absolute atomic E-state index is 12.1. The van der Waals surface area contributed by atoms with Crippen LogP contribution in [0.5, 0.6) is 0 Å². The smallest absolute Gasteiger partial charge is 0.312 e. The van der Waals surface area contributed by atoms with E-state index in [1.807, 2.05) is 6.92 Å². The first kappa shape index (κ1) is 19.3. The number of amides is 4. The topological polar surface area (TPSA) is 113 Å². The lowest BCUT2D eigenvalue weighted by Gasteiger charge is -2.18. The molecule has 0 heterocycles. The van der Waals surface area contributed by atoms with E-state index in [2.05, 4.69) is 16.2 Å². The van der Waals surface area contributed by atoms with E-state index >= 15 is 0 Å². The Morgan fingerprint density at radius 3 is 2.19 bits per heavy atom. The molecule has 2 rings (SSSR count). The molecule has 0 spiro atoms. The number of benzene rings is 2. The Bertz CT molecular complexity index is 791. The number of aryl methyl sites for hydroxylation is 1. The summed E-state index contributed by atoms with van der Waals surface area (Å²) in [5.41, 5.74) is 11.9. The van der Waals surface area contributed by atoms with Crippen molar-refractivity contribution in [3.8, 4) is 0 Å². The monoisotopic (exact) mass is 374 g/mol. The first-order chi connectivity index (χ1) is 12.3. The lowest BCUT2D eigenvalue weighted by molar-refractivity contribution is -0.122. The Morgan fingerprint density at radius 2 is 1.62 bits per heavy atom. The minimum Gasteiger partial charge on any atom is -0.352 e. The number of nitrogens with two attached hydrogens (primary N) is 1. The number of nitrogens with one attached hydrogen (secondary N) is 3. The Balaban J connectivity index is 1.96. The van der Waals surface area contributed by atoms with Gasteiger partial charge in [0.05, 0.1) is 12.5 Å². The molecular formula is C18H19ClN4O3. The first-order valence-electron chi connectivity index (χ1n) is 7.82. The molecule has 8 heteroatoms. The summed E-state index contributed by atoms with van der Waals surface area (Å²) in [5.74, 6) is -0.927. The molecule has 2 aromatic carbocycles. The number of hydrogen-bond acceptors (Lipinski definition) is 3. The van der Waals surface area contributed by atoms with Crippen LogP contribution in [0.2, 0.25) is 5.02 Å². The number of urea groups is 1. The third-order valence-corrected chi connectivity index (χ3v) is 3.86. The molecule has 0 fully saturated rings. The van der Waals surface area contributed by atoms with Gasteiger partial charge in [-0.25, -0.2) is 4.79 Å². The van der Waals surface area contributed by atoms with Gasteiger partial charge >= 0.3 is 6.03 Å². The average Bonchev–Trinajstić information content (AvgIpc) is 2.60. The molecule has 0 aliphatic carbocycles. The van der Waals surface area contributed by atoms with E-state index in [1.54, 1.807) is 48.5 Å². The number of hydrogen-bond donors (Lipinski definition) is 4. The molecule has 0 bridgehead atoms. The second-order valence-electron chi connectivity index (χ2n) is 5.69. The molecule has 0 radical (unpaired) electrons. The van der Waals surface area contributed by atoms with Crippen molar-refractivity contribution >= 4 is 29.4 Å². The van der Waals surface area contributed by atoms with E-state index in [-0.39, 0.29) is 6.42 Å². The van der Waals surface area contributed by atoms with Crippen LogP contribution in [0.25, 0.3) is 0 Å². The maximum Gasteiger partial charge on any atom is 0.312 e. The van der Waals surface area contributed by atoms with Crippen LogP contribution in [0.3, 0.4) is 0 Å². The number of hydrazine groups is 1. The van der Waals surface area contributed by atoms with Gasteiger partial charge in [-0.3, -0.25) is 20.4 Å². The van der Waals surface area contributed by atoms with Crippen LogP contribution in [0.1, 0.15) is 33.9 Å². The summed E-state index contributed by atoms with van der Waals surface area (Å²) in [6.07, 6.45) is -0.112. The van der Waals surface area contributed by atoms with Crippen molar-refractivity contribution in [2.45, 2.75) is 19.4 Å². The predicted molar refractivity (Wildman–Crippen MR) is 98.3 cm³/mol. The van der Waals surface area contributed by atoms with E-state index in [0.29, 0.717) is 16.1 Å². The van der Waals surface area contributed by atoms with Gasteiger partial charge in [-0.15, -0.1) is 0 Å². The average molecular weight is 375 g/mol. The van der Waals surface area contributed by atoms with Gasteiger partial charge in [-0.1, -0.05) is 41.4 Å². The minimum absolute atomic E-state index is 0.112. The van der Waals surface area contributed by atoms with Crippen molar-refractivity contribution < 1.29 is 14.4 Å². The normalized spacial score (nSPS) is 11.3. The quantitative estimate of drug-likeness (QED) is 0.601. The van der Waals surface area contributed by atoms with Gasteiger partial charge < -0.3 is 11.1 Å². The van der Waals surface area contributed by atoms with E-state index in [9.17, 15) is 14.4 Å². The molecule has 1 unspecified atom stereocenters. The first-order valence-corrected chi connectivity index (χ1v) is 8.20. The third-order valence-electron chi connectivity index (χ3n) is 3.61. The highest BCUT2D eigenvalue weighted by molar-refractivity contribution is 6.30. The van der Waals surface area contributed by atoms with Gasteiger partial charge in [0.15, 0.2) is 0 Å². The van der Waals surface area contributed by atoms with Crippen molar-refractivity contribution in [1.82, 2.24) is 16.2 Å². The molecule has 136 valence electrons. The summed E-state index contributed by atoms with van der Waals surface area (Å²) < 4.78 is 0. The summed E-state index contributed by atoms with van der Waals surface area (Å²) >= 11 is 5.84. The zero-order valence-electron chi connectivity index (χ0n) is 14.1. The second-order valence-corrected chi connectivity index (χ2v) is 6.12. The highest BCUT2D eigenvalue weighted by atomic mass is 35.5. The van der Waals surface area contributed by atoms with Gasteiger partial charge in [0.25, 0.3) is 5.91 Å². The van der Waals surface area contributed by atoms with E-state index in [4.69, 9.17) is 17.3 Å². The Hall–Kier alpha value is -3.06. The summed E-state index contributed by atoms with van der Waals surface area (Å²) in [6, 6.07) is 12.1. The van der Waals surface area contributed by atoms with Crippen molar-refractivity contribution in [2.24, 2.45) is 5.73 Å². The van der Waals surface area contributed by atoms with Crippen LogP contribution in [0.15, 0.2) is 48.5 Å². The molecule has 0 saturated heterocycles. The zero-order valence-corrected chi connectivity index (χ0v) is 14.8. The molecule has 26 heavy (non-hydrogen) atoms. The SMILES string of the molecule is Cc1ccc(C(=O)NNC(=O)CC(NC(N)=O)c2ccc(Cl)cc2)cc1. The largest absolute Gasteiger partial charge is 0.352 e. The lowest BCUT2D eigenvalue weighted by Crippen LogP contribution is -2.44. The van der Waals surface area contributed by atoms with Gasteiger partial charge in [-0.2, -0.15) is 0 Å². The molecule has 0 aliphatic rings. The van der Waals surface area contributed by atoms with Crippen LogP contribution in [0, 0.1) is 6.92 Å². The molecule has 1 atom stereocenters. The van der Waals surface area contributed by atoms with Crippen LogP contribution in [-0.4, -0.2) is 17.8 Å². The van der Waals surface area contributed by atoms with Gasteiger partial charge in [0.1, 0.15) is 0 Å². The molecular weight excluding hydrogens is 356 g/mol. The number of carbonyl (C=O) groups excluding carboxylic acids is 3. The van der Waals surface area contributed by atoms with Gasteiger partial charge in [0.2, 0.25) is 5.91 Å². The molecule has 2 aromatic rings. The molecule has 0 aliphatic heterocycles. The zero-order chi connectivity index (χ0) is 19.1. The Kier molecular flexibility index (Phi) is 6.57. The number of carbonyl (C=O) groups is 3. The van der Waals surface area contributed by atoms with Gasteiger partial charge in [-0.05, 0) is 36.8 Å².